The zero-order valence-electron chi connectivity index (χ0n) is 34.0. The SMILES string of the molecule is CC1=CCC(C)([Si](O[Si](C2(C)C=CC(C)=CC2)(C2(C)C=CC(C)=CC2)C2(C)C=CC(C)=CC2)(C2(C)C=CC(C)=CC2)C2(C)C=CC(C)=CC2)C=C1. The molecule has 51 heavy (non-hydrogen) atoms. The first-order chi connectivity index (χ1) is 23.8. The first-order valence-electron chi connectivity index (χ1n) is 19.7. The van der Waals surface area contributed by atoms with Crippen molar-refractivity contribution in [3.63, 3.8) is 0 Å². The van der Waals surface area contributed by atoms with E-state index in [1.807, 2.05) is 0 Å². The molecule has 0 amide bonds. The van der Waals surface area contributed by atoms with Gasteiger partial charge in [0.1, 0.15) is 0 Å². The Balaban J connectivity index is 1.79. The molecule has 0 bridgehead atoms. The monoisotopic (exact) mass is 714 g/mol. The minimum atomic E-state index is -3.13. The molecule has 0 saturated heterocycles. The maximum Gasteiger partial charge on any atom is 0.210 e. The van der Waals surface area contributed by atoms with Crippen LogP contribution in [0, 0.1) is 0 Å². The standard InChI is InChI=1S/C48H66OSi2/c1-37-13-25-43(7,26-14-37)50(44(8)27-15-38(2)16-28-44,45(9)29-17-39(3)18-30-45)49-51(46(10)31-19-40(4)20-32-46,47(11)33-21-41(5)22-34-47)48(12)35-23-42(6)24-36-48/h13-25,27,29,31,33,35H,26,28,30,32,34,36H2,1-12H3. The van der Waals surface area contributed by atoms with Gasteiger partial charge in [-0.2, -0.15) is 0 Å². The first-order valence-corrected chi connectivity index (χ1v) is 23.5. The van der Waals surface area contributed by atoms with E-state index in [0.29, 0.717) is 0 Å². The topological polar surface area (TPSA) is 9.23 Å². The maximum atomic E-state index is 9.49. The van der Waals surface area contributed by atoms with Crippen molar-refractivity contribution in [3.05, 3.63) is 143 Å². The van der Waals surface area contributed by atoms with Crippen molar-refractivity contribution >= 4 is 16.6 Å². The Morgan fingerprint density at radius 1 is 0.333 bits per heavy atom. The molecule has 0 aromatic rings. The van der Waals surface area contributed by atoms with Crippen LogP contribution in [0.15, 0.2) is 143 Å². The van der Waals surface area contributed by atoms with Crippen molar-refractivity contribution in [2.24, 2.45) is 0 Å². The fraction of sp³-hybridized carbons (Fsp3) is 0.500. The summed E-state index contributed by atoms with van der Waals surface area (Å²) in [7, 11) is -6.26. The largest absolute Gasteiger partial charge is 0.452 e. The van der Waals surface area contributed by atoms with Crippen molar-refractivity contribution in [1.82, 2.24) is 0 Å². The molecule has 0 radical (unpaired) electrons. The highest BCUT2D eigenvalue weighted by molar-refractivity contribution is 6.96. The number of hydrogen-bond donors (Lipinski definition) is 0. The molecule has 0 heterocycles. The average molecular weight is 715 g/mol. The molecule has 0 aromatic carbocycles. The van der Waals surface area contributed by atoms with E-state index in [0.717, 1.165) is 38.5 Å². The van der Waals surface area contributed by atoms with Gasteiger partial charge in [-0.3, -0.25) is 0 Å². The summed E-state index contributed by atoms with van der Waals surface area (Å²) in [5.74, 6) is 0. The summed E-state index contributed by atoms with van der Waals surface area (Å²) in [4.78, 5) is 0. The summed E-state index contributed by atoms with van der Waals surface area (Å²) >= 11 is 0. The molecule has 6 atom stereocenters. The minimum absolute atomic E-state index is 0.164. The molecule has 0 aliphatic heterocycles. The molecule has 0 spiro atoms. The van der Waals surface area contributed by atoms with Gasteiger partial charge in [-0.25, -0.2) is 0 Å². The Bertz CT molecular complexity index is 1490. The molecular weight excluding hydrogens is 649 g/mol. The third-order valence-electron chi connectivity index (χ3n) is 14.5. The van der Waals surface area contributed by atoms with Crippen LogP contribution in [0.5, 0.6) is 0 Å². The van der Waals surface area contributed by atoms with Crippen LogP contribution in [0.25, 0.3) is 0 Å². The van der Waals surface area contributed by atoms with E-state index in [1.165, 1.54) is 33.4 Å². The van der Waals surface area contributed by atoms with Crippen molar-refractivity contribution in [2.75, 3.05) is 0 Å². The second-order valence-corrected chi connectivity index (χ2v) is 29.3. The highest BCUT2D eigenvalue weighted by Gasteiger charge is 2.77. The van der Waals surface area contributed by atoms with Crippen LogP contribution in [0.2, 0.25) is 30.2 Å². The predicted octanol–water partition coefficient (Wildman–Crippen LogP) is 14.9. The van der Waals surface area contributed by atoms with Gasteiger partial charge in [-0.15, -0.1) is 0 Å². The third kappa shape index (κ3) is 5.80. The zero-order chi connectivity index (χ0) is 37.1. The van der Waals surface area contributed by atoms with Crippen LogP contribution in [0.4, 0.5) is 0 Å². The van der Waals surface area contributed by atoms with Gasteiger partial charge in [-0.05, 0) is 80.1 Å². The van der Waals surface area contributed by atoms with Crippen molar-refractivity contribution in [1.29, 1.82) is 0 Å². The average Bonchev–Trinajstić information content (AvgIpc) is 3.10. The second kappa shape index (κ2) is 13.0. The number of rotatable bonds is 8. The third-order valence-corrected chi connectivity index (χ3v) is 28.8. The van der Waals surface area contributed by atoms with E-state index >= 15 is 0 Å². The molecule has 272 valence electrons. The summed E-state index contributed by atoms with van der Waals surface area (Å²) in [6, 6.07) is 0. The van der Waals surface area contributed by atoms with E-state index in [9.17, 15) is 4.12 Å². The van der Waals surface area contributed by atoms with Gasteiger partial charge in [0, 0.05) is 30.2 Å². The Morgan fingerprint density at radius 2 is 0.490 bits per heavy atom. The van der Waals surface area contributed by atoms with E-state index in [4.69, 9.17) is 0 Å². The van der Waals surface area contributed by atoms with Gasteiger partial charge in [0.15, 0.2) is 0 Å². The zero-order valence-corrected chi connectivity index (χ0v) is 36.0. The molecule has 0 aromatic heterocycles. The molecule has 6 aliphatic carbocycles. The lowest BCUT2D eigenvalue weighted by molar-refractivity contribution is 0.312. The maximum absolute atomic E-state index is 9.49. The van der Waals surface area contributed by atoms with Crippen molar-refractivity contribution in [3.8, 4) is 0 Å². The molecule has 0 saturated carbocycles. The molecule has 3 heteroatoms. The predicted molar refractivity (Wildman–Crippen MR) is 228 cm³/mol. The molecule has 0 fully saturated rings. The van der Waals surface area contributed by atoms with Crippen LogP contribution in [0.3, 0.4) is 0 Å². The highest BCUT2D eigenvalue weighted by atomic mass is 28.4. The summed E-state index contributed by atoms with van der Waals surface area (Å²) in [5, 5.41) is -0.985. The van der Waals surface area contributed by atoms with Crippen LogP contribution in [-0.2, 0) is 4.12 Å². The van der Waals surface area contributed by atoms with E-state index in [1.54, 1.807) is 0 Å². The number of allylic oxidation sites excluding steroid dienone is 24. The Morgan fingerprint density at radius 3 is 0.608 bits per heavy atom. The summed E-state index contributed by atoms with van der Waals surface area (Å²) in [6.07, 6.45) is 51.6. The Labute approximate surface area is 314 Å². The summed E-state index contributed by atoms with van der Waals surface area (Å²) in [6.45, 7) is 29.3. The molecule has 6 aliphatic rings. The van der Waals surface area contributed by atoms with Crippen molar-refractivity contribution in [2.45, 2.75) is 152 Å². The lowest BCUT2D eigenvalue weighted by Crippen LogP contribution is -2.75. The van der Waals surface area contributed by atoms with E-state index in [2.05, 4.69) is 192 Å². The van der Waals surface area contributed by atoms with Crippen LogP contribution in [0.1, 0.15) is 122 Å². The Kier molecular flexibility index (Phi) is 9.68. The summed E-state index contributed by atoms with van der Waals surface area (Å²) < 4.78 is 9.49. The van der Waals surface area contributed by atoms with Crippen LogP contribution in [-0.4, -0.2) is 16.6 Å². The molecule has 0 N–H and O–H groups in total. The second-order valence-electron chi connectivity index (χ2n) is 18.9. The van der Waals surface area contributed by atoms with Crippen LogP contribution >= 0.6 is 0 Å². The highest BCUT2D eigenvalue weighted by Crippen LogP contribution is 2.77. The van der Waals surface area contributed by atoms with Crippen molar-refractivity contribution < 1.29 is 4.12 Å². The van der Waals surface area contributed by atoms with Gasteiger partial charge in [-0.1, -0.05) is 184 Å². The van der Waals surface area contributed by atoms with Gasteiger partial charge >= 0.3 is 0 Å². The summed E-state index contributed by atoms with van der Waals surface area (Å²) in [5.41, 5.74) is 8.21. The van der Waals surface area contributed by atoms with Gasteiger partial charge in [0.25, 0.3) is 0 Å². The fourth-order valence-corrected chi connectivity index (χ4v) is 30.9. The van der Waals surface area contributed by atoms with Crippen LogP contribution < -0.4 is 0 Å². The van der Waals surface area contributed by atoms with Gasteiger partial charge < -0.3 is 4.12 Å². The van der Waals surface area contributed by atoms with Gasteiger partial charge in [0.05, 0.1) is 0 Å². The lowest BCUT2D eigenvalue weighted by atomic mass is 9.95. The quantitative estimate of drug-likeness (QED) is 0.227. The molecule has 6 rings (SSSR count). The minimum Gasteiger partial charge on any atom is -0.452 e. The van der Waals surface area contributed by atoms with E-state index < -0.39 is 16.6 Å². The molecule has 1 nitrogen and oxygen atoms in total. The van der Waals surface area contributed by atoms with Gasteiger partial charge in [0.2, 0.25) is 16.6 Å². The molecular formula is C48H66OSi2. The first kappa shape index (κ1) is 38.0. The Hall–Kier alpha value is -2.73. The lowest BCUT2D eigenvalue weighted by Gasteiger charge is -2.71. The number of hydrogen-bond acceptors (Lipinski definition) is 1. The fourth-order valence-electron chi connectivity index (χ4n) is 11.4. The normalized spacial score (nSPS) is 40.0. The van der Waals surface area contributed by atoms with E-state index in [-0.39, 0.29) is 30.2 Å². The molecule has 6 unspecified atom stereocenters. The smallest absolute Gasteiger partial charge is 0.210 e.